The molecule has 102 valence electrons. The van der Waals surface area contributed by atoms with Crippen molar-refractivity contribution in [2.45, 2.75) is 38.4 Å². The smallest absolute Gasteiger partial charge is 0.313 e. The number of rotatable bonds is 5. The molecule has 1 aromatic heterocycles. The lowest BCUT2D eigenvalue weighted by Gasteiger charge is -2.15. The summed E-state index contributed by atoms with van der Waals surface area (Å²) in [6, 6.07) is 6.44. The molecule has 0 aliphatic rings. The maximum absolute atomic E-state index is 10.7. The Kier molecular flexibility index (Phi) is 4.14. The molecule has 0 saturated carbocycles. The van der Waals surface area contributed by atoms with E-state index in [1.165, 1.54) is 17.3 Å². The number of carbonyl (C=O) groups is 1. The highest BCUT2D eigenvalue weighted by molar-refractivity contribution is 7.99. The largest absolute Gasteiger partial charge is 0.481 e. The Morgan fingerprint density at radius 2 is 2.26 bits per heavy atom. The van der Waals surface area contributed by atoms with E-state index in [1.807, 2.05) is 12.1 Å². The zero-order valence-electron chi connectivity index (χ0n) is 11.4. The lowest BCUT2D eigenvalue weighted by atomic mass is 10.2. The van der Waals surface area contributed by atoms with Crippen LogP contribution >= 0.6 is 11.8 Å². The second-order valence-corrected chi connectivity index (χ2v) is 5.64. The number of fused-ring (bicyclic) bond motifs is 1. The molecule has 19 heavy (non-hydrogen) atoms. The third-order valence-corrected chi connectivity index (χ3v) is 4.11. The van der Waals surface area contributed by atoms with Gasteiger partial charge >= 0.3 is 5.97 Å². The van der Waals surface area contributed by atoms with Gasteiger partial charge < -0.3 is 9.67 Å². The van der Waals surface area contributed by atoms with Crippen molar-refractivity contribution in [2.24, 2.45) is 0 Å². The van der Waals surface area contributed by atoms with Gasteiger partial charge in [-0.25, -0.2) is 4.98 Å². The first-order valence-electron chi connectivity index (χ1n) is 6.36. The molecule has 1 atom stereocenters. The Morgan fingerprint density at radius 1 is 1.53 bits per heavy atom. The van der Waals surface area contributed by atoms with Gasteiger partial charge in [-0.2, -0.15) is 0 Å². The van der Waals surface area contributed by atoms with Crippen LogP contribution in [0.25, 0.3) is 11.0 Å². The fourth-order valence-corrected chi connectivity index (χ4v) is 2.85. The molecule has 0 saturated heterocycles. The molecule has 0 bridgehead atoms. The Balaban J connectivity index is 2.51. The van der Waals surface area contributed by atoms with Crippen molar-refractivity contribution in [3.63, 3.8) is 0 Å². The van der Waals surface area contributed by atoms with Crippen LogP contribution in [-0.2, 0) is 4.79 Å². The molecule has 2 aromatic rings. The zero-order valence-corrected chi connectivity index (χ0v) is 12.2. The number of imidazole rings is 1. The first-order valence-corrected chi connectivity index (χ1v) is 7.34. The number of aromatic nitrogens is 2. The van der Waals surface area contributed by atoms with E-state index in [0.29, 0.717) is 6.04 Å². The first kappa shape index (κ1) is 13.9. The molecule has 0 radical (unpaired) electrons. The van der Waals surface area contributed by atoms with Crippen molar-refractivity contribution in [3.05, 3.63) is 23.8 Å². The first-order chi connectivity index (χ1) is 9.02. The molecular weight excluding hydrogens is 260 g/mol. The van der Waals surface area contributed by atoms with E-state index in [4.69, 9.17) is 5.11 Å². The van der Waals surface area contributed by atoms with E-state index >= 15 is 0 Å². The van der Waals surface area contributed by atoms with Crippen LogP contribution in [-0.4, -0.2) is 26.4 Å². The van der Waals surface area contributed by atoms with E-state index in [1.54, 1.807) is 0 Å². The molecular formula is C14H18N2O2S. The van der Waals surface area contributed by atoms with Crippen molar-refractivity contribution in [1.82, 2.24) is 9.55 Å². The quantitative estimate of drug-likeness (QED) is 0.851. The molecule has 5 heteroatoms. The van der Waals surface area contributed by atoms with Crippen LogP contribution in [0, 0.1) is 6.92 Å². The SMILES string of the molecule is CCC(C)n1c(SCC(=O)O)nc2ccc(C)cc21. The number of aryl methyl sites for hydroxylation is 1. The predicted molar refractivity (Wildman–Crippen MR) is 77.8 cm³/mol. The maximum Gasteiger partial charge on any atom is 0.313 e. The number of aliphatic carboxylic acids is 1. The third-order valence-electron chi connectivity index (χ3n) is 3.17. The number of thioether (sulfide) groups is 1. The van der Waals surface area contributed by atoms with Crippen LogP contribution in [0.3, 0.4) is 0 Å². The highest BCUT2D eigenvalue weighted by atomic mass is 32.2. The van der Waals surface area contributed by atoms with Gasteiger partial charge in [-0.3, -0.25) is 4.79 Å². The van der Waals surface area contributed by atoms with E-state index < -0.39 is 5.97 Å². The summed E-state index contributed by atoms with van der Waals surface area (Å²) in [6.45, 7) is 6.31. The average molecular weight is 278 g/mol. The van der Waals surface area contributed by atoms with Gasteiger partial charge in [-0.1, -0.05) is 24.8 Å². The molecule has 1 unspecified atom stereocenters. The normalized spacial score (nSPS) is 12.8. The minimum atomic E-state index is -0.816. The molecule has 0 aliphatic carbocycles. The summed E-state index contributed by atoms with van der Waals surface area (Å²) < 4.78 is 2.15. The van der Waals surface area contributed by atoms with Crippen LogP contribution in [0.1, 0.15) is 31.9 Å². The second-order valence-electron chi connectivity index (χ2n) is 4.70. The summed E-state index contributed by atoms with van der Waals surface area (Å²) in [5.74, 6) is -0.775. The van der Waals surface area contributed by atoms with Crippen LogP contribution in [0.4, 0.5) is 0 Å². The molecule has 1 heterocycles. The van der Waals surface area contributed by atoms with E-state index in [2.05, 4.69) is 36.4 Å². The number of carboxylic acids is 1. The molecule has 0 fully saturated rings. The fourth-order valence-electron chi connectivity index (χ4n) is 2.02. The van der Waals surface area contributed by atoms with E-state index in [9.17, 15) is 4.79 Å². The van der Waals surface area contributed by atoms with Gasteiger partial charge in [0.25, 0.3) is 0 Å². The van der Waals surface area contributed by atoms with Crippen LogP contribution in [0.2, 0.25) is 0 Å². The molecule has 1 N–H and O–H groups in total. The van der Waals surface area contributed by atoms with E-state index in [0.717, 1.165) is 22.6 Å². The predicted octanol–water partition coefficient (Wildman–Crippen LogP) is 3.49. The maximum atomic E-state index is 10.7. The molecule has 0 amide bonds. The monoisotopic (exact) mass is 278 g/mol. The fraction of sp³-hybridized carbons (Fsp3) is 0.429. The van der Waals surface area contributed by atoms with Crippen molar-refractivity contribution in [3.8, 4) is 0 Å². The topological polar surface area (TPSA) is 55.1 Å². The highest BCUT2D eigenvalue weighted by Gasteiger charge is 2.16. The van der Waals surface area contributed by atoms with Gasteiger partial charge in [0.15, 0.2) is 5.16 Å². The molecule has 2 rings (SSSR count). The summed E-state index contributed by atoms with van der Waals surface area (Å²) in [5, 5.41) is 9.61. The standard InChI is InChI=1S/C14H18N2O2S/c1-4-10(3)16-12-7-9(2)5-6-11(12)15-14(16)19-8-13(17)18/h5-7,10H,4,8H2,1-3H3,(H,17,18). The minimum absolute atomic E-state index is 0.0404. The van der Waals surface area contributed by atoms with Crippen molar-refractivity contribution >= 4 is 28.8 Å². The minimum Gasteiger partial charge on any atom is -0.481 e. The third kappa shape index (κ3) is 2.92. The van der Waals surface area contributed by atoms with Gasteiger partial charge in [0.2, 0.25) is 0 Å². The summed E-state index contributed by atoms with van der Waals surface area (Å²) in [6.07, 6.45) is 0.986. The van der Waals surface area contributed by atoms with Gasteiger partial charge in [0.05, 0.1) is 16.8 Å². The number of hydrogen-bond acceptors (Lipinski definition) is 3. The average Bonchev–Trinajstić information content (AvgIpc) is 2.73. The van der Waals surface area contributed by atoms with Crippen LogP contribution in [0.15, 0.2) is 23.4 Å². The van der Waals surface area contributed by atoms with Gasteiger partial charge in [0.1, 0.15) is 0 Å². The zero-order chi connectivity index (χ0) is 14.0. The Labute approximate surface area is 116 Å². The molecule has 4 nitrogen and oxygen atoms in total. The van der Waals surface area contributed by atoms with Gasteiger partial charge in [0, 0.05) is 6.04 Å². The second kappa shape index (κ2) is 5.65. The highest BCUT2D eigenvalue weighted by Crippen LogP contribution is 2.29. The lowest BCUT2D eigenvalue weighted by molar-refractivity contribution is -0.133. The summed E-state index contributed by atoms with van der Waals surface area (Å²) >= 11 is 1.28. The van der Waals surface area contributed by atoms with E-state index in [-0.39, 0.29) is 5.75 Å². The Morgan fingerprint density at radius 3 is 2.89 bits per heavy atom. The Bertz CT molecular complexity index is 607. The summed E-state index contributed by atoms with van der Waals surface area (Å²) in [4.78, 5) is 15.3. The van der Waals surface area contributed by atoms with Crippen molar-refractivity contribution < 1.29 is 9.90 Å². The molecule has 1 aromatic carbocycles. The summed E-state index contributed by atoms with van der Waals surface area (Å²) in [7, 11) is 0. The van der Waals surface area contributed by atoms with Gasteiger partial charge in [-0.05, 0) is 38.0 Å². The van der Waals surface area contributed by atoms with Crippen LogP contribution in [0.5, 0.6) is 0 Å². The van der Waals surface area contributed by atoms with Crippen molar-refractivity contribution in [1.29, 1.82) is 0 Å². The molecule has 0 spiro atoms. The summed E-state index contributed by atoms with van der Waals surface area (Å²) in [5.41, 5.74) is 3.20. The number of hydrogen-bond donors (Lipinski definition) is 1. The Hall–Kier alpha value is -1.49. The van der Waals surface area contributed by atoms with Crippen LogP contribution < -0.4 is 0 Å². The number of benzene rings is 1. The molecule has 0 aliphatic heterocycles. The lowest BCUT2D eigenvalue weighted by Crippen LogP contribution is -2.07. The number of carboxylic acid groups (broad SMARTS) is 1. The number of nitrogens with zero attached hydrogens (tertiary/aromatic N) is 2. The van der Waals surface area contributed by atoms with Crippen molar-refractivity contribution in [2.75, 3.05) is 5.75 Å². The van der Waals surface area contributed by atoms with Gasteiger partial charge in [-0.15, -0.1) is 0 Å².